The van der Waals surface area contributed by atoms with E-state index in [4.69, 9.17) is 9.47 Å². The molecule has 2 amide bonds. The van der Waals surface area contributed by atoms with Crippen LogP contribution in [-0.2, 0) is 32.0 Å². The second-order valence-electron chi connectivity index (χ2n) is 8.13. The van der Waals surface area contributed by atoms with Gasteiger partial charge in [0.1, 0.15) is 0 Å². The van der Waals surface area contributed by atoms with E-state index in [0.717, 1.165) is 22.6 Å². The Bertz CT molecular complexity index is 920. The molecule has 0 aromatic heterocycles. The number of ether oxygens (including phenoxy) is 2. The quantitative estimate of drug-likeness (QED) is 0.717. The molecule has 0 radical (unpaired) electrons. The van der Waals surface area contributed by atoms with Gasteiger partial charge in [-0.25, -0.2) is 0 Å². The average Bonchev–Trinajstić information content (AvgIpc) is 3.23. The summed E-state index contributed by atoms with van der Waals surface area (Å²) in [4.78, 5) is 30.4. The Morgan fingerprint density at radius 3 is 2.26 bits per heavy atom. The lowest BCUT2D eigenvalue weighted by molar-refractivity contribution is -0.177. The lowest BCUT2D eigenvalue weighted by atomic mass is 10.0. The zero-order valence-electron chi connectivity index (χ0n) is 17.3. The van der Waals surface area contributed by atoms with Gasteiger partial charge in [0.05, 0.1) is 6.04 Å². The van der Waals surface area contributed by atoms with Gasteiger partial charge in [-0.05, 0) is 17.5 Å². The molecule has 31 heavy (non-hydrogen) atoms. The lowest BCUT2D eigenvalue weighted by Gasteiger charge is -2.38. The second kappa shape index (κ2) is 9.02. The highest BCUT2D eigenvalue weighted by Crippen LogP contribution is 2.35. The Labute approximate surface area is 186 Å². The van der Waals surface area contributed by atoms with Gasteiger partial charge < -0.3 is 19.3 Å². The third-order valence-electron chi connectivity index (χ3n) is 6.13. The number of hydrogen-bond acceptors (Lipinski definition) is 5. The molecule has 162 valence electrons. The van der Waals surface area contributed by atoms with Gasteiger partial charge in [-0.15, -0.1) is 0 Å². The first-order valence-corrected chi connectivity index (χ1v) is 11.9. The standard InChI is InChI=1S/C24H26N2O4S/c27-22(25-11-13-31-14-12-25)20-21-23(28)26(16-18-9-5-2-6-10-18)19(24(29-20)30-21)15-17-7-3-1-4-8-17/h1-10,19-21,24H,11-16H2/t19-,20+,21+,24+/m0/s1. The van der Waals surface area contributed by atoms with Gasteiger partial charge in [0, 0.05) is 31.1 Å². The Morgan fingerprint density at radius 1 is 0.935 bits per heavy atom. The summed E-state index contributed by atoms with van der Waals surface area (Å²) in [6, 6.07) is 19.7. The molecule has 5 rings (SSSR count). The van der Waals surface area contributed by atoms with Gasteiger partial charge in [-0.1, -0.05) is 60.7 Å². The van der Waals surface area contributed by atoms with Crippen LogP contribution in [0.25, 0.3) is 0 Å². The van der Waals surface area contributed by atoms with Crippen LogP contribution in [-0.4, -0.2) is 70.7 Å². The first kappa shape index (κ1) is 20.5. The lowest BCUT2D eigenvalue weighted by Crippen LogP contribution is -2.57. The van der Waals surface area contributed by atoms with E-state index >= 15 is 0 Å². The minimum absolute atomic E-state index is 0.124. The molecular weight excluding hydrogens is 412 g/mol. The van der Waals surface area contributed by atoms with Crippen LogP contribution in [0.4, 0.5) is 0 Å². The van der Waals surface area contributed by atoms with E-state index in [1.165, 1.54) is 0 Å². The summed E-state index contributed by atoms with van der Waals surface area (Å²) < 4.78 is 12.2. The molecule has 6 nitrogen and oxygen atoms in total. The van der Waals surface area contributed by atoms with Crippen molar-refractivity contribution in [1.82, 2.24) is 9.80 Å². The molecule has 2 aromatic rings. The number of hydrogen-bond donors (Lipinski definition) is 0. The van der Waals surface area contributed by atoms with Crippen molar-refractivity contribution in [2.45, 2.75) is 37.5 Å². The number of rotatable bonds is 5. The SMILES string of the molecule is O=C([C@@H]1O[C@@H]2O[C@H]1C(=O)N(Cc1ccccc1)[C@H]2Cc1ccccc1)N1CCSCC1. The van der Waals surface area contributed by atoms with Crippen LogP contribution in [0.15, 0.2) is 60.7 Å². The number of benzene rings is 2. The zero-order valence-corrected chi connectivity index (χ0v) is 18.1. The number of amides is 2. The number of carbonyl (C=O) groups excluding carboxylic acids is 2. The number of morpholine rings is 1. The number of nitrogens with zero attached hydrogens (tertiary/aromatic N) is 2. The van der Waals surface area contributed by atoms with Crippen LogP contribution < -0.4 is 0 Å². The molecule has 0 saturated carbocycles. The van der Waals surface area contributed by atoms with E-state index < -0.39 is 18.5 Å². The number of thioether (sulfide) groups is 1. The van der Waals surface area contributed by atoms with Crippen molar-refractivity contribution in [3.63, 3.8) is 0 Å². The summed E-state index contributed by atoms with van der Waals surface area (Å²) in [5, 5.41) is 0. The largest absolute Gasteiger partial charge is 0.339 e. The molecule has 3 aliphatic heterocycles. The van der Waals surface area contributed by atoms with Crippen molar-refractivity contribution < 1.29 is 19.1 Å². The highest BCUT2D eigenvalue weighted by Gasteiger charge is 2.56. The summed E-state index contributed by atoms with van der Waals surface area (Å²) in [6.07, 6.45) is -1.74. The fourth-order valence-electron chi connectivity index (χ4n) is 4.50. The van der Waals surface area contributed by atoms with Crippen molar-refractivity contribution in [3.8, 4) is 0 Å². The Morgan fingerprint density at radius 2 is 1.58 bits per heavy atom. The van der Waals surface area contributed by atoms with Crippen LogP contribution in [0.3, 0.4) is 0 Å². The molecule has 3 heterocycles. The van der Waals surface area contributed by atoms with Crippen molar-refractivity contribution in [3.05, 3.63) is 71.8 Å². The van der Waals surface area contributed by atoms with Crippen molar-refractivity contribution >= 4 is 23.6 Å². The summed E-state index contributed by atoms with van der Waals surface area (Å²) in [5.74, 6) is 1.54. The van der Waals surface area contributed by atoms with E-state index in [-0.39, 0.29) is 17.9 Å². The fourth-order valence-corrected chi connectivity index (χ4v) is 5.40. The fraction of sp³-hybridized carbons (Fsp3) is 0.417. The van der Waals surface area contributed by atoms with Gasteiger partial charge in [0.25, 0.3) is 11.8 Å². The maximum atomic E-state index is 13.5. The molecule has 3 fully saturated rings. The van der Waals surface area contributed by atoms with Crippen molar-refractivity contribution in [2.24, 2.45) is 0 Å². The maximum Gasteiger partial charge on any atom is 0.255 e. The summed E-state index contributed by atoms with van der Waals surface area (Å²) in [6.45, 7) is 1.85. The van der Waals surface area contributed by atoms with E-state index in [0.29, 0.717) is 26.1 Å². The maximum absolute atomic E-state index is 13.5. The topological polar surface area (TPSA) is 59.1 Å². The summed E-state index contributed by atoms with van der Waals surface area (Å²) in [7, 11) is 0. The third kappa shape index (κ3) is 4.22. The molecule has 2 bridgehead atoms. The monoisotopic (exact) mass is 438 g/mol. The number of fused-ring (bicyclic) bond motifs is 2. The Hall–Kier alpha value is -2.35. The third-order valence-corrected chi connectivity index (χ3v) is 7.07. The van der Waals surface area contributed by atoms with Crippen LogP contribution >= 0.6 is 11.8 Å². The number of carbonyl (C=O) groups is 2. The van der Waals surface area contributed by atoms with Gasteiger partial charge >= 0.3 is 0 Å². The molecule has 3 aliphatic rings. The molecule has 0 aliphatic carbocycles. The van der Waals surface area contributed by atoms with E-state index in [9.17, 15) is 9.59 Å². The Kier molecular flexibility index (Phi) is 5.98. The molecular formula is C24H26N2O4S. The highest BCUT2D eigenvalue weighted by atomic mass is 32.2. The Balaban J connectivity index is 1.41. The molecule has 3 saturated heterocycles. The van der Waals surface area contributed by atoms with E-state index in [2.05, 4.69) is 0 Å². The van der Waals surface area contributed by atoms with Gasteiger partial charge in [-0.2, -0.15) is 11.8 Å². The van der Waals surface area contributed by atoms with Crippen molar-refractivity contribution in [1.29, 1.82) is 0 Å². The zero-order chi connectivity index (χ0) is 21.2. The smallest absolute Gasteiger partial charge is 0.255 e. The van der Waals surface area contributed by atoms with Crippen LogP contribution in [0, 0.1) is 0 Å². The van der Waals surface area contributed by atoms with E-state index in [1.807, 2.05) is 82.2 Å². The highest BCUT2D eigenvalue weighted by molar-refractivity contribution is 7.99. The molecule has 7 heteroatoms. The molecule has 0 N–H and O–H groups in total. The van der Waals surface area contributed by atoms with Gasteiger partial charge in [0.15, 0.2) is 18.5 Å². The minimum Gasteiger partial charge on any atom is -0.339 e. The van der Waals surface area contributed by atoms with Crippen molar-refractivity contribution in [2.75, 3.05) is 24.6 Å². The summed E-state index contributed by atoms with van der Waals surface area (Å²) in [5.41, 5.74) is 2.15. The molecule has 0 unspecified atom stereocenters. The minimum atomic E-state index is -0.872. The first-order chi connectivity index (χ1) is 15.2. The second-order valence-corrected chi connectivity index (χ2v) is 9.35. The normalized spacial score (nSPS) is 28.1. The summed E-state index contributed by atoms with van der Waals surface area (Å²) >= 11 is 1.84. The predicted molar refractivity (Wildman–Crippen MR) is 118 cm³/mol. The van der Waals surface area contributed by atoms with Gasteiger partial charge in [-0.3, -0.25) is 9.59 Å². The van der Waals surface area contributed by atoms with Gasteiger partial charge in [0.2, 0.25) is 0 Å². The predicted octanol–water partition coefficient (Wildman–Crippen LogP) is 2.33. The van der Waals surface area contributed by atoms with Crippen LogP contribution in [0.5, 0.6) is 0 Å². The molecule has 0 spiro atoms. The van der Waals surface area contributed by atoms with Crippen LogP contribution in [0.2, 0.25) is 0 Å². The van der Waals surface area contributed by atoms with Crippen LogP contribution in [0.1, 0.15) is 11.1 Å². The first-order valence-electron chi connectivity index (χ1n) is 10.8. The van der Waals surface area contributed by atoms with E-state index in [1.54, 1.807) is 0 Å². The molecule has 2 aromatic carbocycles. The molecule has 4 atom stereocenters. The average molecular weight is 439 g/mol.